The third-order valence-corrected chi connectivity index (χ3v) is 4.96. The summed E-state index contributed by atoms with van der Waals surface area (Å²) in [6, 6.07) is 16.4. The summed E-state index contributed by atoms with van der Waals surface area (Å²) >= 11 is 5.04. The maximum Gasteiger partial charge on any atom is 0.142 e. The van der Waals surface area contributed by atoms with Crippen LogP contribution in [0.2, 0.25) is 0 Å². The van der Waals surface area contributed by atoms with E-state index in [-0.39, 0.29) is 5.78 Å². The zero-order valence-electron chi connectivity index (χ0n) is 10.8. The van der Waals surface area contributed by atoms with Crippen LogP contribution in [-0.4, -0.2) is 5.78 Å². The highest BCUT2D eigenvalue weighted by atomic mass is 79.9. The molecule has 20 heavy (non-hydrogen) atoms. The molecule has 0 N–H and O–H groups in total. The monoisotopic (exact) mass is 344 g/mol. The van der Waals surface area contributed by atoms with E-state index >= 15 is 0 Å². The Morgan fingerprint density at radius 3 is 2.65 bits per heavy atom. The van der Waals surface area contributed by atoms with Gasteiger partial charge in [0.1, 0.15) is 5.78 Å². The number of halogens is 1. The van der Waals surface area contributed by atoms with Crippen molar-refractivity contribution in [3.05, 3.63) is 68.8 Å². The number of Topliss-reactive ketones (excluding diaryl/α,β-unsaturated/α-hetero) is 1. The highest BCUT2D eigenvalue weighted by Crippen LogP contribution is 2.22. The van der Waals surface area contributed by atoms with Crippen LogP contribution in [0.3, 0.4) is 0 Å². The fourth-order valence-electron chi connectivity index (χ4n) is 2.36. The minimum Gasteiger partial charge on any atom is -0.299 e. The molecule has 2 aromatic carbocycles. The molecule has 0 spiro atoms. The van der Waals surface area contributed by atoms with Gasteiger partial charge in [-0.2, -0.15) is 0 Å². The molecule has 100 valence electrons. The number of hydrogen-bond donors (Lipinski definition) is 0. The summed E-state index contributed by atoms with van der Waals surface area (Å²) in [5.74, 6) is 0.260. The third-order valence-electron chi connectivity index (χ3n) is 3.26. The number of rotatable bonds is 4. The second-order valence-electron chi connectivity index (χ2n) is 4.76. The molecule has 0 aliphatic rings. The van der Waals surface area contributed by atoms with Crippen LogP contribution in [0, 0.1) is 0 Å². The van der Waals surface area contributed by atoms with E-state index < -0.39 is 0 Å². The molecule has 0 fully saturated rings. The van der Waals surface area contributed by atoms with Crippen molar-refractivity contribution in [3.63, 3.8) is 0 Å². The van der Waals surface area contributed by atoms with Crippen LogP contribution in [0.4, 0.5) is 0 Å². The number of carbonyl (C=O) groups is 1. The molecule has 0 saturated heterocycles. The largest absolute Gasteiger partial charge is 0.299 e. The molecule has 0 atom stereocenters. The molecule has 3 rings (SSSR count). The predicted octanol–water partition coefficient (Wildman–Crippen LogP) is 5.02. The van der Waals surface area contributed by atoms with Crippen LogP contribution in [0.1, 0.15) is 10.4 Å². The van der Waals surface area contributed by atoms with Gasteiger partial charge in [-0.05, 0) is 38.3 Å². The number of hydrogen-bond acceptors (Lipinski definition) is 2. The first-order valence-electron chi connectivity index (χ1n) is 6.43. The third kappa shape index (κ3) is 3.00. The van der Waals surface area contributed by atoms with Gasteiger partial charge in [-0.1, -0.05) is 42.5 Å². The number of thiophene rings is 1. The quantitative estimate of drug-likeness (QED) is 0.649. The van der Waals surface area contributed by atoms with E-state index in [1.807, 2.05) is 35.7 Å². The van der Waals surface area contributed by atoms with Crippen LogP contribution >= 0.6 is 27.3 Å². The lowest BCUT2D eigenvalue weighted by Crippen LogP contribution is -2.05. The maximum atomic E-state index is 12.2. The van der Waals surface area contributed by atoms with Gasteiger partial charge in [0.2, 0.25) is 0 Å². The fraction of sp³-hybridized carbons (Fsp3) is 0.118. The van der Waals surface area contributed by atoms with Crippen molar-refractivity contribution in [1.29, 1.82) is 0 Å². The van der Waals surface area contributed by atoms with Crippen molar-refractivity contribution in [1.82, 2.24) is 0 Å². The Labute approximate surface area is 130 Å². The van der Waals surface area contributed by atoms with Crippen LogP contribution in [0.15, 0.2) is 58.4 Å². The fourth-order valence-corrected chi connectivity index (χ4v) is 3.84. The maximum absolute atomic E-state index is 12.2. The van der Waals surface area contributed by atoms with E-state index in [1.54, 1.807) is 11.3 Å². The predicted molar refractivity (Wildman–Crippen MR) is 88.4 cm³/mol. The standard InChI is InChI=1S/C17H13BrOS/c18-14-9-16(20-11-14)10-15(19)8-13-6-3-5-12-4-1-2-7-17(12)13/h1-7,9,11H,8,10H2. The van der Waals surface area contributed by atoms with Gasteiger partial charge < -0.3 is 0 Å². The molecule has 1 heterocycles. The van der Waals surface area contributed by atoms with Gasteiger partial charge in [0.25, 0.3) is 0 Å². The molecule has 3 aromatic rings. The van der Waals surface area contributed by atoms with Crippen molar-refractivity contribution in [2.24, 2.45) is 0 Å². The summed E-state index contributed by atoms with van der Waals surface area (Å²) in [4.78, 5) is 13.3. The second-order valence-corrected chi connectivity index (χ2v) is 6.67. The molecule has 1 aromatic heterocycles. The molecule has 0 radical (unpaired) electrons. The molecule has 0 saturated carbocycles. The summed E-state index contributed by atoms with van der Waals surface area (Å²) in [7, 11) is 0. The van der Waals surface area contributed by atoms with E-state index in [0.29, 0.717) is 12.8 Å². The summed E-state index contributed by atoms with van der Waals surface area (Å²) in [5.41, 5.74) is 1.11. The molecule has 1 nitrogen and oxygen atoms in total. The SMILES string of the molecule is O=C(Cc1cc(Br)cs1)Cc1cccc2ccccc12. The topological polar surface area (TPSA) is 17.1 Å². The van der Waals surface area contributed by atoms with E-state index in [1.165, 1.54) is 10.8 Å². The zero-order valence-corrected chi connectivity index (χ0v) is 13.2. The Morgan fingerprint density at radius 1 is 1.05 bits per heavy atom. The van der Waals surface area contributed by atoms with E-state index in [0.717, 1.165) is 14.9 Å². The van der Waals surface area contributed by atoms with Crippen LogP contribution in [-0.2, 0) is 17.6 Å². The van der Waals surface area contributed by atoms with Gasteiger partial charge in [0.15, 0.2) is 0 Å². The Kier molecular flexibility index (Phi) is 3.99. The molecule has 0 aliphatic heterocycles. The number of ketones is 1. The minimum absolute atomic E-state index is 0.260. The Hall–Kier alpha value is -1.45. The summed E-state index contributed by atoms with van der Waals surface area (Å²) in [5, 5.41) is 4.38. The molecular formula is C17H13BrOS. The summed E-state index contributed by atoms with van der Waals surface area (Å²) in [6.07, 6.45) is 1.01. The van der Waals surface area contributed by atoms with Gasteiger partial charge in [-0.25, -0.2) is 0 Å². The van der Waals surface area contributed by atoms with E-state index in [9.17, 15) is 4.79 Å². The van der Waals surface area contributed by atoms with E-state index in [2.05, 4.69) is 34.1 Å². The first-order chi connectivity index (χ1) is 9.72. The molecular weight excluding hydrogens is 332 g/mol. The average Bonchev–Trinajstić information content (AvgIpc) is 2.84. The van der Waals surface area contributed by atoms with Crippen molar-refractivity contribution < 1.29 is 4.79 Å². The van der Waals surface area contributed by atoms with Gasteiger partial charge in [-0.15, -0.1) is 11.3 Å². The highest BCUT2D eigenvalue weighted by Gasteiger charge is 2.09. The molecule has 0 aliphatic carbocycles. The van der Waals surface area contributed by atoms with Gasteiger partial charge >= 0.3 is 0 Å². The van der Waals surface area contributed by atoms with E-state index in [4.69, 9.17) is 0 Å². The van der Waals surface area contributed by atoms with Gasteiger partial charge in [0.05, 0.1) is 0 Å². The first-order valence-corrected chi connectivity index (χ1v) is 8.11. The lowest BCUT2D eigenvalue weighted by atomic mass is 9.99. The highest BCUT2D eigenvalue weighted by molar-refractivity contribution is 9.10. The lowest BCUT2D eigenvalue weighted by molar-refractivity contribution is -0.117. The van der Waals surface area contributed by atoms with Crippen molar-refractivity contribution >= 4 is 43.8 Å². The van der Waals surface area contributed by atoms with Crippen LogP contribution in [0.25, 0.3) is 10.8 Å². The number of carbonyl (C=O) groups excluding carboxylic acids is 1. The first kappa shape index (κ1) is 13.5. The molecule has 0 unspecified atom stereocenters. The summed E-state index contributed by atoms with van der Waals surface area (Å²) in [6.45, 7) is 0. The van der Waals surface area contributed by atoms with Gasteiger partial charge in [0, 0.05) is 27.6 Å². The normalized spacial score (nSPS) is 10.8. The molecule has 0 bridgehead atoms. The van der Waals surface area contributed by atoms with Crippen molar-refractivity contribution in [2.75, 3.05) is 0 Å². The smallest absolute Gasteiger partial charge is 0.142 e. The van der Waals surface area contributed by atoms with Gasteiger partial charge in [-0.3, -0.25) is 4.79 Å². The lowest BCUT2D eigenvalue weighted by Gasteiger charge is -2.05. The minimum atomic E-state index is 0.260. The Bertz CT molecular complexity index is 755. The number of fused-ring (bicyclic) bond motifs is 1. The Morgan fingerprint density at radius 2 is 1.85 bits per heavy atom. The second kappa shape index (κ2) is 5.90. The van der Waals surface area contributed by atoms with Crippen LogP contribution < -0.4 is 0 Å². The summed E-state index contributed by atoms with van der Waals surface area (Å²) < 4.78 is 1.05. The number of benzene rings is 2. The average molecular weight is 345 g/mol. The van der Waals surface area contributed by atoms with Crippen LogP contribution in [0.5, 0.6) is 0 Å². The molecule has 3 heteroatoms. The Balaban J connectivity index is 1.81. The van der Waals surface area contributed by atoms with Crippen molar-refractivity contribution in [2.45, 2.75) is 12.8 Å². The molecule has 0 amide bonds. The van der Waals surface area contributed by atoms with Crippen molar-refractivity contribution in [3.8, 4) is 0 Å². The zero-order chi connectivity index (χ0) is 13.9.